The Labute approximate surface area is 351 Å². The summed E-state index contributed by atoms with van der Waals surface area (Å²) >= 11 is 0. The minimum Gasteiger partial charge on any atom is -0.311 e. The lowest BCUT2D eigenvalue weighted by Crippen LogP contribution is -2.12. The molecule has 2 nitrogen and oxygen atoms in total. The number of benzene rings is 10. The molecule has 1 aliphatic rings. The van der Waals surface area contributed by atoms with Gasteiger partial charge in [0.1, 0.15) is 0 Å². The molecule has 0 aromatic heterocycles. The van der Waals surface area contributed by atoms with Crippen LogP contribution in [0, 0.1) is 0 Å². The summed E-state index contributed by atoms with van der Waals surface area (Å²) in [7, 11) is 0. The van der Waals surface area contributed by atoms with E-state index in [0.29, 0.717) is 0 Å². The van der Waals surface area contributed by atoms with E-state index >= 15 is 0 Å². The Morgan fingerprint density at radius 2 is 0.550 bits per heavy atom. The monoisotopic (exact) mass is 766 g/mol. The molecule has 0 spiro atoms. The molecule has 0 fully saturated rings. The fourth-order valence-electron chi connectivity index (χ4n) is 9.37. The summed E-state index contributed by atoms with van der Waals surface area (Å²) in [6.45, 7) is 0. The summed E-state index contributed by atoms with van der Waals surface area (Å²) < 4.78 is 0. The van der Waals surface area contributed by atoms with Crippen LogP contribution in [-0.2, 0) is 12.8 Å². The number of rotatable bonds is 8. The first-order chi connectivity index (χ1) is 29.8. The van der Waals surface area contributed by atoms with Crippen molar-refractivity contribution in [3.8, 4) is 22.3 Å². The van der Waals surface area contributed by atoms with Gasteiger partial charge in [-0.2, -0.15) is 0 Å². The van der Waals surface area contributed by atoms with Crippen LogP contribution < -0.4 is 9.80 Å². The van der Waals surface area contributed by atoms with Crippen LogP contribution in [0.1, 0.15) is 22.3 Å². The van der Waals surface area contributed by atoms with E-state index in [1.54, 1.807) is 0 Å². The van der Waals surface area contributed by atoms with Gasteiger partial charge in [-0.15, -0.1) is 0 Å². The van der Waals surface area contributed by atoms with Crippen molar-refractivity contribution in [2.75, 3.05) is 9.80 Å². The third-order valence-electron chi connectivity index (χ3n) is 12.1. The van der Waals surface area contributed by atoms with E-state index in [9.17, 15) is 0 Å². The highest BCUT2D eigenvalue weighted by Crippen LogP contribution is 2.48. The molecule has 1 aliphatic carbocycles. The molecule has 60 heavy (non-hydrogen) atoms. The molecule has 0 unspecified atom stereocenters. The molecule has 10 aromatic carbocycles. The average molecular weight is 767 g/mol. The fraction of sp³-hybridized carbons (Fsp3) is 0.0345. The first kappa shape index (κ1) is 35.5. The van der Waals surface area contributed by atoms with Crippen LogP contribution in [0.25, 0.3) is 43.8 Å². The van der Waals surface area contributed by atoms with Crippen LogP contribution in [0.15, 0.2) is 231 Å². The van der Waals surface area contributed by atoms with Gasteiger partial charge in [-0.3, -0.25) is 0 Å². The number of para-hydroxylation sites is 4. The Morgan fingerprint density at radius 3 is 0.883 bits per heavy atom. The zero-order valence-corrected chi connectivity index (χ0v) is 33.2. The molecule has 0 radical (unpaired) electrons. The lowest BCUT2D eigenvalue weighted by atomic mass is 9.75. The zero-order valence-electron chi connectivity index (χ0n) is 33.2. The van der Waals surface area contributed by atoms with Gasteiger partial charge in [-0.05, 0) is 164 Å². The van der Waals surface area contributed by atoms with Crippen molar-refractivity contribution in [2.45, 2.75) is 12.8 Å². The maximum atomic E-state index is 2.44. The second-order valence-electron chi connectivity index (χ2n) is 15.7. The number of hydrogen-bond donors (Lipinski definition) is 0. The fourth-order valence-corrected chi connectivity index (χ4v) is 9.37. The van der Waals surface area contributed by atoms with E-state index in [0.717, 1.165) is 47.0 Å². The van der Waals surface area contributed by atoms with Crippen molar-refractivity contribution in [2.24, 2.45) is 0 Å². The van der Waals surface area contributed by atoms with Crippen molar-refractivity contribution in [1.29, 1.82) is 0 Å². The molecule has 0 bridgehead atoms. The standard InChI is InChI=1S/C58H42N2/c1-5-21-47(22-6-1)59(48-23-7-2-8-24-48)51-33-29-41(30-34-51)57-53-37-43-17-13-15-19-45(43)39-55(53)58(56-40-46-20-16-14-18-44(46)38-54(56)57)42-31-35-52(36-32-42)60(49-25-9-3-10-26-49)50-27-11-4-12-28-50/h1-37,39H,38,40H2. The highest BCUT2D eigenvalue weighted by molar-refractivity contribution is 6.13. The molecule has 0 heterocycles. The molecule has 284 valence electrons. The zero-order chi connectivity index (χ0) is 39.8. The number of nitrogens with zero attached hydrogens (tertiary/aromatic N) is 2. The second-order valence-corrected chi connectivity index (χ2v) is 15.7. The summed E-state index contributed by atoms with van der Waals surface area (Å²) in [6.07, 6.45) is 1.76. The predicted molar refractivity (Wildman–Crippen MR) is 254 cm³/mol. The van der Waals surface area contributed by atoms with E-state index < -0.39 is 0 Å². The highest BCUT2D eigenvalue weighted by Gasteiger charge is 2.27. The summed E-state index contributed by atoms with van der Waals surface area (Å²) in [5.41, 5.74) is 17.6. The van der Waals surface area contributed by atoms with Gasteiger partial charge in [-0.25, -0.2) is 0 Å². The van der Waals surface area contributed by atoms with E-state index in [1.807, 2.05) is 0 Å². The Hall–Kier alpha value is -7.68. The average Bonchev–Trinajstić information content (AvgIpc) is 3.32. The van der Waals surface area contributed by atoms with Crippen LogP contribution in [0.5, 0.6) is 0 Å². The topological polar surface area (TPSA) is 6.48 Å². The maximum absolute atomic E-state index is 2.44. The largest absolute Gasteiger partial charge is 0.311 e. The maximum Gasteiger partial charge on any atom is 0.0462 e. The van der Waals surface area contributed by atoms with E-state index in [2.05, 4.69) is 240 Å². The third kappa shape index (κ3) is 6.40. The minimum atomic E-state index is 0.881. The molecule has 10 aromatic rings. The summed E-state index contributed by atoms with van der Waals surface area (Å²) in [5, 5.41) is 5.08. The Bertz CT molecular complexity index is 2810. The van der Waals surface area contributed by atoms with Crippen molar-refractivity contribution < 1.29 is 0 Å². The van der Waals surface area contributed by atoms with Crippen molar-refractivity contribution in [1.82, 2.24) is 0 Å². The van der Waals surface area contributed by atoms with Crippen LogP contribution in [-0.4, -0.2) is 0 Å². The third-order valence-corrected chi connectivity index (χ3v) is 12.1. The smallest absolute Gasteiger partial charge is 0.0462 e. The molecule has 0 atom stereocenters. The summed E-state index contributed by atoms with van der Waals surface area (Å²) in [5.74, 6) is 0. The molecule has 0 N–H and O–H groups in total. The van der Waals surface area contributed by atoms with Gasteiger partial charge in [0.25, 0.3) is 0 Å². The van der Waals surface area contributed by atoms with Gasteiger partial charge in [0.2, 0.25) is 0 Å². The van der Waals surface area contributed by atoms with Crippen LogP contribution in [0.3, 0.4) is 0 Å². The van der Waals surface area contributed by atoms with Crippen LogP contribution >= 0.6 is 0 Å². The Kier molecular flexibility index (Phi) is 9.02. The molecule has 11 rings (SSSR count). The molecule has 2 heteroatoms. The Morgan fingerprint density at radius 1 is 0.267 bits per heavy atom. The van der Waals surface area contributed by atoms with E-state index in [1.165, 1.54) is 66.1 Å². The van der Waals surface area contributed by atoms with Crippen LogP contribution in [0.4, 0.5) is 34.1 Å². The van der Waals surface area contributed by atoms with Crippen molar-refractivity contribution in [3.05, 3.63) is 253 Å². The lowest BCUT2D eigenvalue weighted by Gasteiger charge is -2.29. The molecule has 0 aliphatic heterocycles. The van der Waals surface area contributed by atoms with Gasteiger partial charge < -0.3 is 9.80 Å². The first-order valence-electron chi connectivity index (χ1n) is 20.9. The minimum absolute atomic E-state index is 0.881. The van der Waals surface area contributed by atoms with Gasteiger partial charge >= 0.3 is 0 Å². The quantitative estimate of drug-likeness (QED) is 0.142. The normalized spacial score (nSPS) is 11.9. The lowest BCUT2D eigenvalue weighted by molar-refractivity contribution is 1.01. The van der Waals surface area contributed by atoms with Gasteiger partial charge in [0.15, 0.2) is 0 Å². The van der Waals surface area contributed by atoms with Crippen molar-refractivity contribution in [3.63, 3.8) is 0 Å². The number of hydrogen-bond acceptors (Lipinski definition) is 2. The summed E-state index contributed by atoms with van der Waals surface area (Å²) in [4.78, 5) is 4.68. The number of anilines is 6. The van der Waals surface area contributed by atoms with Crippen LogP contribution in [0.2, 0.25) is 0 Å². The van der Waals surface area contributed by atoms with E-state index in [-0.39, 0.29) is 0 Å². The number of fused-ring (bicyclic) bond motifs is 4. The molecular formula is C58H42N2. The molecular weight excluding hydrogens is 725 g/mol. The predicted octanol–water partition coefficient (Wildman–Crippen LogP) is 15.8. The highest BCUT2D eigenvalue weighted by atomic mass is 15.1. The van der Waals surface area contributed by atoms with E-state index in [4.69, 9.17) is 0 Å². The molecule has 0 amide bonds. The molecule has 0 saturated carbocycles. The second kappa shape index (κ2) is 15.2. The SMILES string of the molecule is c1ccc(N(c2ccccc2)c2ccc(-c3c4c(c(-c5ccc(N(c6ccccc6)c6ccccc6)cc5)c5cc6ccccc6cc35)Cc3ccccc3C4)cc2)cc1. The summed E-state index contributed by atoms with van der Waals surface area (Å²) in [6, 6.07) is 83.9. The first-order valence-corrected chi connectivity index (χ1v) is 20.9. The van der Waals surface area contributed by atoms with Gasteiger partial charge in [0.05, 0.1) is 0 Å². The molecule has 0 saturated heterocycles. The van der Waals surface area contributed by atoms with Gasteiger partial charge in [0, 0.05) is 34.1 Å². The Balaban J connectivity index is 1.12. The van der Waals surface area contributed by atoms with Gasteiger partial charge in [-0.1, -0.05) is 146 Å². The van der Waals surface area contributed by atoms with Crippen molar-refractivity contribution >= 4 is 55.7 Å².